The van der Waals surface area contributed by atoms with E-state index in [-0.39, 0.29) is 0 Å². The van der Waals surface area contributed by atoms with Gasteiger partial charge < -0.3 is 10.5 Å². The van der Waals surface area contributed by atoms with Crippen LogP contribution in [-0.4, -0.2) is 18.2 Å². The lowest BCUT2D eigenvalue weighted by Gasteiger charge is -2.35. The first-order valence-corrected chi connectivity index (χ1v) is 4.02. The Morgan fingerprint density at radius 2 is 1.90 bits per heavy atom. The summed E-state index contributed by atoms with van der Waals surface area (Å²) in [5.41, 5.74) is 5.88. The van der Waals surface area contributed by atoms with Gasteiger partial charge >= 0.3 is 0 Å². The molecule has 2 nitrogen and oxygen atoms in total. The molecule has 0 aromatic rings. The van der Waals surface area contributed by atoms with Crippen molar-refractivity contribution >= 4 is 0 Å². The van der Waals surface area contributed by atoms with Crippen molar-refractivity contribution < 1.29 is 4.74 Å². The van der Waals surface area contributed by atoms with Gasteiger partial charge in [0.15, 0.2) is 0 Å². The minimum Gasteiger partial charge on any atom is -0.375 e. The normalized spacial score (nSPS) is 49.2. The van der Waals surface area contributed by atoms with E-state index in [0.717, 1.165) is 6.42 Å². The zero-order valence-corrected chi connectivity index (χ0v) is 7.00. The quantitative estimate of drug-likeness (QED) is 0.552. The van der Waals surface area contributed by atoms with Crippen molar-refractivity contribution in [2.45, 2.75) is 45.4 Å². The summed E-state index contributed by atoms with van der Waals surface area (Å²) in [4.78, 5) is 0. The summed E-state index contributed by atoms with van der Waals surface area (Å²) in [5.74, 6) is 0.510. The molecule has 0 aromatic carbocycles. The monoisotopic (exact) mass is 143 g/mol. The van der Waals surface area contributed by atoms with Gasteiger partial charge in [0, 0.05) is 6.04 Å². The highest BCUT2D eigenvalue weighted by Crippen LogP contribution is 2.22. The number of rotatable bonds is 0. The van der Waals surface area contributed by atoms with Crippen LogP contribution in [0.15, 0.2) is 0 Å². The molecule has 1 saturated heterocycles. The molecule has 0 saturated carbocycles. The van der Waals surface area contributed by atoms with Crippen molar-refractivity contribution in [3.05, 3.63) is 0 Å². The molecule has 4 unspecified atom stereocenters. The first kappa shape index (κ1) is 8.02. The van der Waals surface area contributed by atoms with Crippen LogP contribution in [-0.2, 0) is 4.74 Å². The van der Waals surface area contributed by atoms with Crippen LogP contribution in [0.4, 0.5) is 0 Å². The third-order valence-corrected chi connectivity index (χ3v) is 2.47. The first-order chi connectivity index (χ1) is 4.61. The van der Waals surface area contributed by atoms with Crippen molar-refractivity contribution in [2.24, 2.45) is 11.7 Å². The SMILES string of the molecule is CC1CC(N)C(C)C(C)O1. The molecule has 10 heavy (non-hydrogen) atoms. The average Bonchev–Trinajstić information content (AvgIpc) is 1.82. The molecule has 0 bridgehead atoms. The van der Waals surface area contributed by atoms with Gasteiger partial charge in [0.25, 0.3) is 0 Å². The van der Waals surface area contributed by atoms with E-state index in [0.29, 0.717) is 24.2 Å². The summed E-state index contributed by atoms with van der Waals surface area (Å²) < 4.78 is 5.59. The van der Waals surface area contributed by atoms with Crippen LogP contribution in [0.1, 0.15) is 27.2 Å². The van der Waals surface area contributed by atoms with E-state index in [4.69, 9.17) is 10.5 Å². The Morgan fingerprint density at radius 3 is 2.40 bits per heavy atom. The van der Waals surface area contributed by atoms with E-state index in [1.165, 1.54) is 0 Å². The van der Waals surface area contributed by atoms with Crippen LogP contribution in [0, 0.1) is 5.92 Å². The molecule has 0 radical (unpaired) electrons. The van der Waals surface area contributed by atoms with E-state index < -0.39 is 0 Å². The second-order valence-corrected chi connectivity index (χ2v) is 3.41. The Morgan fingerprint density at radius 1 is 1.30 bits per heavy atom. The minimum atomic E-state index is 0.332. The van der Waals surface area contributed by atoms with Gasteiger partial charge in [-0.15, -0.1) is 0 Å². The van der Waals surface area contributed by atoms with Crippen molar-refractivity contribution in [1.82, 2.24) is 0 Å². The number of nitrogens with two attached hydrogens (primary N) is 1. The number of hydrogen-bond acceptors (Lipinski definition) is 2. The lowest BCUT2D eigenvalue weighted by Crippen LogP contribution is -2.44. The zero-order chi connectivity index (χ0) is 7.72. The highest BCUT2D eigenvalue weighted by Gasteiger charge is 2.28. The van der Waals surface area contributed by atoms with E-state index in [9.17, 15) is 0 Å². The molecule has 0 amide bonds. The zero-order valence-electron chi connectivity index (χ0n) is 7.00. The summed E-state index contributed by atoms with van der Waals surface area (Å²) in [6.07, 6.45) is 1.69. The topological polar surface area (TPSA) is 35.2 Å². The van der Waals surface area contributed by atoms with Gasteiger partial charge in [0.1, 0.15) is 0 Å². The van der Waals surface area contributed by atoms with Gasteiger partial charge in [-0.05, 0) is 26.2 Å². The van der Waals surface area contributed by atoms with Crippen LogP contribution in [0.2, 0.25) is 0 Å². The first-order valence-electron chi connectivity index (χ1n) is 4.02. The molecule has 4 atom stereocenters. The maximum absolute atomic E-state index is 5.88. The van der Waals surface area contributed by atoms with Gasteiger partial charge in [0.05, 0.1) is 12.2 Å². The highest BCUT2D eigenvalue weighted by molar-refractivity contribution is 4.81. The maximum Gasteiger partial charge on any atom is 0.0590 e. The van der Waals surface area contributed by atoms with Gasteiger partial charge in [-0.3, -0.25) is 0 Å². The van der Waals surface area contributed by atoms with Crippen LogP contribution in [0.3, 0.4) is 0 Å². The number of hydrogen-bond donors (Lipinski definition) is 1. The Bertz CT molecular complexity index is 104. The Kier molecular flexibility index (Phi) is 2.32. The molecule has 0 aromatic heterocycles. The second kappa shape index (κ2) is 2.89. The Balaban J connectivity index is 2.49. The van der Waals surface area contributed by atoms with Crippen LogP contribution < -0.4 is 5.73 Å². The van der Waals surface area contributed by atoms with Crippen LogP contribution in [0.25, 0.3) is 0 Å². The molecule has 2 heteroatoms. The lowest BCUT2D eigenvalue weighted by molar-refractivity contribution is -0.0682. The summed E-state index contributed by atoms with van der Waals surface area (Å²) in [7, 11) is 0. The van der Waals surface area contributed by atoms with Crippen molar-refractivity contribution in [3.8, 4) is 0 Å². The standard InChI is InChI=1S/C8H17NO/c1-5-4-8(9)6(2)7(3)10-5/h5-8H,4,9H2,1-3H3. The summed E-state index contributed by atoms with van der Waals surface area (Å²) in [6.45, 7) is 6.34. The molecule has 1 heterocycles. The molecule has 0 aliphatic carbocycles. The molecule has 60 valence electrons. The van der Waals surface area contributed by atoms with E-state index in [2.05, 4.69) is 20.8 Å². The summed E-state index contributed by atoms with van der Waals surface area (Å²) >= 11 is 0. The fourth-order valence-electron chi connectivity index (χ4n) is 1.49. The predicted molar refractivity (Wildman–Crippen MR) is 41.8 cm³/mol. The molecular formula is C8H17NO. The van der Waals surface area contributed by atoms with Gasteiger partial charge in [0.2, 0.25) is 0 Å². The fourth-order valence-corrected chi connectivity index (χ4v) is 1.49. The molecule has 2 N–H and O–H groups in total. The average molecular weight is 143 g/mol. The Hall–Kier alpha value is -0.0800. The van der Waals surface area contributed by atoms with E-state index in [1.54, 1.807) is 0 Å². The molecule has 1 aliphatic rings. The minimum absolute atomic E-state index is 0.332. The number of ether oxygens (including phenoxy) is 1. The third-order valence-electron chi connectivity index (χ3n) is 2.47. The van der Waals surface area contributed by atoms with Crippen molar-refractivity contribution in [3.63, 3.8) is 0 Å². The molecule has 1 rings (SSSR count). The molecule has 0 spiro atoms. The van der Waals surface area contributed by atoms with E-state index in [1.807, 2.05) is 0 Å². The fraction of sp³-hybridized carbons (Fsp3) is 1.00. The van der Waals surface area contributed by atoms with Gasteiger partial charge in [-0.25, -0.2) is 0 Å². The summed E-state index contributed by atoms with van der Waals surface area (Å²) in [6, 6.07) is 0.332. The van der Waals surface area contributed by atoms with Crippen LogP contribution >= 0.6 is 0 Å². The lowest BCUT2D eigenvalue weighted by atomic mass is 9.90. The largest absolute Gasteiger partial charge is 0.375 e. The molecule has 1 fully saturated rings. The maximum atomic E-state index is 5.88. The Labute approximate surface area is 62.7 Å². The van der Waals surface area contributed by atoms with Crippen molar-refractivity contribution in [2.75, 3.05) is 0 Å². The molecule has 1 aliphatic heterocycles. The smallest absolute Gasteiger partial charge is 0.0590 e. The van der Waals surface area contributed by atoms with Crippen molar-refractivity contribution in [1.29, 1.82) is 0 Å². The van der Waals surface area contributed by atoms with Gasteiger partial charge in [-0.1, -0.05) is 6.92 Å². The van der Waals surface area contributed by atoms with Gasteiger partial charge in [-0.2, -0.15) is 0 Å². The second-order valence-electron chi connectivity index (χ2n) is 3.41. The highest BCUT2D eigenvalue weighted by atomic mass is 16.5. The van der Waals surface area contributed by atoms with Crippen LogP contribution in [0.5, 0.6) is 0 Å². The third kappa shape index (κ3) is 1.50. The predicted octanol–water partition coefficient (Wildman–Crippen LogP) is 1.15. The summed E-state index contributed by atoms with van der Waals surface area (Å²) in [5, 5.41) is 0. The molecular weight excluding hydrogens is 126 g/mol. The van der Waals surface area contributed by atoms with E-state index >= 15 is 0 Å².